The number of nitrogens with one attached hydrogen (secondary N) is 1. The second-order valence-corrected chi connectivity index (χ2v) is 11.2. The number of carbonyl (C=O) groups excluding carboxylic acids is 2. The molecule has 0 saturated heterocycles. The van der Waals surface area contributed by atoms with Crippen molar-refractivity contribution in [1.29, 1.82) is 0 Å². The number of fused-ring (bicyclic) bond motifs is 3. The highest BCUT2D eigenvalue weighted by Gasteiger charge is 2.52. The van der Waals surface area contributed by atoms with Gasteiger partial charge >= 0.3 is 0 Å². The summed E-state index contributed by atoms with van der Waals surface area (Å²) in [7, 11) is 1.47. The maximum absolute atomic E-state index is 13.8. The Morgan fingerprint density at radius 3 is 2.52 bits per heavy atom. The topological polar surface area (TPSA) is 129 Å². The minimum atomic E-state index is -1.19. The molecule has 0 spiro atoms. The average Bonchev–Trinajstić information content (AvgIpc) is 3.31. The lowest BCUT2D eigenvalue weighted by molar-refractivity contribution is -0.145. The van der Waals surface area contributed by atoms with E-state index in [1.807, 2.05) is 0 Å². The van der Waals surface area contributed by atoms with Crippen molar-refractivity contribution in [3.05, 3.63) is 68.7 Å². The molecule has 4 atom stereocenters. The number of hydrogen-bond donors (Lipinski definition) is 4. The molecular formula is C29H32Cl2N2O7. The van der Waals surface area contributed by atoms with Gasteiger partial charge in [0.05, 0.1) is 42.3 Å². The summed E-state index contributed by atoms with van der Waals surface area (Å²) in [6, 6.07) is 7.60. The molecular weight excluding hydrogens is 559 g/mol. The number of benzene rings is 2. The van der Waals surface area contributed by atoms with Crippen molar-refractivity contribution >= 4 is 35.0 Å². The van der Waals surface area contributed by atoms with Gasteiger partial charge in [-0.05, 0) is 54.3 Å². The number of aliphatic hydroxyl groups is 3. The van der Waals surface area contributed by atoms with Crippen LogP contribution >= 0.6 is 23.2 Å². The van der Waals surface area contributed by atoms with E-state index in [-0.39, 0.29) is 38.1 Å². The third-order valence-electron chi connectivity index (χ3n) is 7.93. The molecule has 5 rings (SSSR count). The fraction of sp³-hybridized carbons (Fsp3) is 0.448. The van der Waals surface area contributed by atoms with Crippen LogP contribution in [0, 0.1) is 5.92 Å². The van der Waals surface area contributed by atoms with Crippen LogP contribution in [0.5, 0.6) is 11.5 Å². The smallest absolute Gasteiger partial charge is 0.247 e. The first-order valence-corrected chi connectivity index (χ1v) is 14.0. The molecule has 2 aromatic rings. The lowest BCUT2D eigenvalue weighted by Crippen LogP contribution is -2.56. The van der Waals surface area contributed by atoms with Crippen LogP contribution in [0.2, 0.25) is 10.0 Å². The van der Waals surface area contributed by atoms with Gasteiger partial charge in [-0.2, -0.15) is 0 Å². The van der Waals surface area contributed by atoms with E-state index in [2.05, 4.69) is 5.32 Å². The molecule has 2 amide bonds. The molecule has 4 N–H and O–H groups in total. The Kier molecular flexibility index (Phi) is 8.58. The van der Waals surface area contributed by atoms with Crippen molar-refractivity contribution in [1.82, 2.24) is 10.2 Å². The first-order valence-electron chi connectivity index (χ1n) is 13.3. The van der Waals surface area contributed by atoms with Gasteiger partial charge in [0.2, 0.25) is 11.8 Å². The standard InChI is InChI=1S/C29H32Cl2N2O7/c1-39-23-11-16(14-35)9-18-24-19(28(37)32-7-8-34)12-22(25(36)27(24)40-26(18)23)33(29(38)17-3-2-4-17)13-15-5-6-20(30)21(31)10-15/h5-6,9-12,17,22,24-25,27,34-36H,2-4,7-8,13-14H2,1H3,(H,32,37). The normalized spacial score (nSPS) is 23.3. The van der Waals surface area contributed by atoms with E-state index < -0.39 is 30.1 Å². The lowest BCUT2D eigenvalue weighted by Gasteiger charge is -2.43. The van der Waals surface area contributed by atoms with E-state index in [9.17, 15) is 24.9 Å². The molecule has 214 valence electrons. The fourth-order valence-electron chi connectivity index (χ4n) is 5.67. The number of rotatable bonds is 9. The summed E-state index contributed by atoms with van der Waals surface area (Å²) in [6.07, 6.45) is 1.98. The Balaban J connectivity index is 1.59. The average molecular weight is 591 g/mol. The highest BCUT2D eigenvalue weighted by molar-refractivity contribution is 6.42. The van der Waals surface area contributed by atoms with Gasteiger partial charge in [-0.1, -0.05) is 35.7 Å². The Hall–Kier alpha value is -2.82. The third kappa shape index (κ3) is 5.29. The number of methoxy groups -OCH3 is 1. The number of nitrogens with zero attached hydrogens (tertiary/aromatic N) is 1. The van der Waals surface area contributed by atoms with Gasteiger partial charge in [-0.25, -0.2) is 0 Å². The number of carbonyl (C=O) groups is 2. The van der Waals surface area contributed by atoms with Crippen LogP contribution < -0.4 is 14.8 Å². The third-order valence-corrected chi connectivity index (χ3v) is 8.67. The van der Waals surface area contributed by atoms with Gasteiger partial charge in [-0.3, -0.25) is 9.59 Å². The first-order chi connectivity index (χ1) is 19.3. The predicted molar refractivity (Wildman–Crippen MR) is 148 cm³/mol. The van der Waals surface area contributed by atoms with Crippen LogP contribution in [0.15, 0.2) is 42.0 Å². The molecule has 1 saturated carbocycles. The number of amides is 2. The molecule has 9 nitrogen and oxygen atoms in total. The van der Waals surface area contributed by atoms with Crippen LogP contribution in [0.25, 0.3) is 0 Å². The number of aliphatic hydroxyl groups excluding tert-OH is 3. The van der Waals surface area contributed by atoms with Gasteiger partial charge in [0.15, 0.2) is 11.5 Å². The van der Waals surface area contributed by atoms with Crippen molar-refractivity contribution in [3.63, 3.8) is 0 Å². The summed E-state index contributed by atoms with van der Waals surface area (Å²) in [6.45, 7) is -0.339. The zero-order valence-electron chi connectivity index (χ0n) is 22.0. The Bertz CT molecular complexity index is 1330. The zero-order valence-corrected chi connectivity index (χ0v) is 23.5. The Labute approximate surface area is 242 Å². The maximum atomic E-state index is 13.8. The molecule has 1 fully saturated rings. The minimum Gasteiger partial charge on any atom is -0.493 e. The number of hydrogen-bond acceptors (Lipinski definition) is 7. The molecule has 0 bridgehead atoms. The van der Waals surface area contributed by atoms with E-state index in [1.54, 1.807) is 41.3 Å². The quantitative estimate of drug-likeness (QED) is 0.353. The van der Waals surface area contributed by atoms with E-state index in [4.69, 9.17) is 32.7 Å². The molecule has 40 heavy (non-hydrogen) atoms. The lowest BCUT2D eigenvalue weighted by atomic mass is 9.76. The van der Waals surface area contributed by atoms with E-state index in [1.165, 1.54) is 7.11 Å². The summed E-state index contributed by atoms with van der Waals surface area (Å²) in [5, 5.41) is 34.4. The van der Waals surface area contributed by atoms with Crippen LogP contribution in [-0.2, 0) is 22.7 Å². The van der Waals surface area contributed by atoms with Gasteiger partial charge in [0.25, 0.3) is 0 Å². The largest absolute Gasteiger partial charge is 0.493 e. The molecule has 1 heterocycles. The monoisotopic (exact) mass is 590 g/mol. The molecule has 1 aliphatic heterocycles. The van der Waals surface area contributed by atoms with Crippen molar-refractivity contribution in [2.45, 2.75) is 56.6 Å². The molecule has 0 aromatic heterocycles. The number of halogens is 2. The highest BCUT2D eigenvalue weighted by Crippen LogP contribution is 2.51. The second kappa shape index (κ2) is 12.0. The summed E-state index contributed by atoms with van der Waals surface area (Å²) < 4.78 is 11.8. The Morgan fingerprint density at radius 1 is 1.12 bits per heavy atom. The molecule has 0 radical (unpaired) electrons. The van der Waals surface area contributed by atoms with Crippen molar-refractivity contribution in [2.75, 3.05) is 20.3 Å². The fourth-order valence-corrected chi connectivity index (χ4v) is 5.99. The van der Waals surface area contributed by atoms with Crippen molar-refractivity contribution < 1.29 is 34.4 Å². The van der Waals surface area contributed by atoms with Crippen molar-refractivity contribution in [3.8, 4) is 11.5 Å². The molecule has 2 aliphatic carbocycles. The van der Waals surface area contributed by atoms with E-state index in [0.29, 0.717) is 38.2 Å². The molecule has 11 heteroatoms. The first kappa shape index (κ1) is 28.7. The minimum absolute atomic E-state index is 0.0302. The summed E-state index contributed by atoms with van der Waals surface area (Å²) in [5.41, 5.74) is 2.18. The van der Waals surface area contributed by atoms with Crippen LogP contribution in [-0.4, -0.2) is 70.5 Å². The molecule has 4 unspecified atom stereocenters. The van der Waals surface area contributed by atoms with Crippen LogP contribution in [0.4, 0.5) is 0 Å². The van der Waals surface area contributed by atoms with E-state index >= 15 is 0 Å². The summed E-state index contributed by atoms with van der Waals surface area (Å²) in [5.74, 6) is -0.699. The maximum Gasteiger partial charge on any atom is 0.247 e. The van der Waals surface area contributed by atoms with Gasteiger partial charge in [-0.15, -0.1) is 0 Å². The van der Waals surface area contributed by atoms with Gasteiger partial charge < -0.3 is 35.0 Å². The Morgan fingerprint density at radius 2 is 1.90 bits per heavy atom. The molecule has 3 aliphatic rings. The highest BCUT2D eigenvalue weighted by atomic mass is 35.5. The SMILES string of the molecule is COc1cc(CO)cc2c1OC1C2C(C(=O)NCCO)=CC(N(Cc2ccc(Cl)c(Cl)c2)C(=O)C2CCC2)C1O. The van der Waals surface area contributed by atoms with Crippen LogP contribution in [0.1, 0.15) is 41.9 Å². The van der Waals surface area contributed by atoms with Gasteiger partial charge in [0, 0.05) is 30.1 Å². The second-order valence-electron chi connectivity index (χ2n) is 10.4. The van der Waals surface area contributed by atoms with Crippen LogP contribution in [0.3, 0.4) is 0 Å². The van der Waals surface area contributed by atoms with E-state index in [0.717, 1.165) is 24.8 Å². The molecule has 2 aromatic carbocycles. The number of ether oxygens (including phenoxy) is 2. The zero-order chi connectivity index (χ0) is 28.6. The van der Waals surface area contributed by atoms with Crippen molar-refractivity contribution in [2.24, 2.45) is 5.92 Å². The van der Waals surface area contributed by atoms with Gasteiger partial charge in [0.1, 0.15) is 12.2 Å². The predicted octanol–water partition coefficient (Wildman–Crippen LogP) is 2.95. The summed E-state index contributed by atoms with van der Waals surface area (Å²) in [4.78, 5) is 28.8. The summed E-state index contributed by atoms with van der Waals surface area (Å²) >= 11 is 12.4.